The number of para-hydroxylation sites is 1. The Balaban J connectivity index is 1.79. The van der Waals surface area contributed by atoms with E-state index in [-0.39, 0.29) is 6.04 Å². The Morgan fingerprint density at radius 2 is 2.10 bits per heavy atom. The number of thioether (sulfide) groups is 1. The normalized spacial score (nSPS) is 11.6. The van der Waals surface area contributed by atoms with E-state index in [0.717, 1.165) is 21.4 Å². The maximum atomic E-state index is 5.84. The lowest BCUT2D eigenvalue weighted by Gasteiger charge is -2.10. The van der Waals surface area contributed by atoms with E-state index in [1.165, 1.54) is 4.70 Å². The van der Waals surface area contributed by atoms with E-state index in [2.05, 4.69) is 35.1 Å². The molecule has 0 atom stereocenters. The fraction of sp³-hybridized carbons (Fsp3) is 0.308. The van der Waals surface area contributed by atoms with Crippen LogP contribution in [0.15, 0.2) is 29.4 Å². The Morgan fingerprint density at radius 1 is 1.30 bits per heavy atom. The van der Waals surface area contributed by atoms with Gasteiger partial charge in [0.2, 0.25) is 5.95 Å². The van der Waals surface area contributed by atoms with E-state index in [1.807, 2.05) is 22.8 Å². The molecule has 0 fully saturated rings. The first kappa shape index (κ1) is 13.4. The van der Waals surface area contributed by atoms with Crippen LogP contribution in [-0.4, -0.2) is 19.7 Å². The molecule has 104 valence electrons. The first-order valence-corrected chi connectivity index (χ1v) is 8.13. The number of nitrogen functional groups attached to an aromatic ring is 1. The molecule has 1 aromatic carbocycles. The van der Waals surface area contributed by atoms with Crippen LogP contribution in [-0.2, 0) is 5.75 Å². The van der Waals surface area contributed by atoms with Crippen LogP contribution in [0.25, 0.3) is 10.2 Å². The average Bonchev–Trinajstić information content (AvgIpc) is 2.99. The summed E-state index contributed by atoms with van der Waals surface area (Å²) >= 11 is 3.34. The van der Waals surface area contributed by atoms with Crippen molar-refractivity contribution in [3.63, 3.8) is 0 Å². The number of thiazole rings is 1. The van der Waals surface area contributed by atoms with E-state index in [4.69, 9.17) is 5.73 Å². The summed E-state index contributed by atoms with van der Waals surface area (Å²) in [6, 6.07) is 8.43. The lowest BCUT2D eigenvalue weighted by atomic mass is 10.3. The van der Waals surface area contributed by atoms with Crippen molar-refractivity contribution < 1.29 is 0 Å². The molecule has 0 saturated carbocycles. The Labute approximate surface area is 125 Å². The first-order chi connectivity index (χ1) is 9.65. The Bertz CT molecular complexity index is 698. The SMILES string of the molecule is CC(C)n1c(N)nnc1SCc1nc2ccccc2s1. The van der Waals surface area contributed by atoms with Gasteiger partial charge in [-0.15, -0.1) is 21.5 Å². The van der Waals surface area contributed by atoms with Crippen molar-refractivity contribution in [1.29, 1.82) is 0 Å². The van der Waals surface area contributed by atoms with Gasteiger partial charge in [-0.1, -0.05) is 23.9 Å². The summed E-state index contributed by atoms with van der Waals surface area (Å²) in [5.74, 6) is 1.25. The maximum Gasteiger partial charge on any atom is 0.222 e. The maximum absolute atomic E-state index is 5.84. The molecule has 7 heteroatoms. The fourth-order valence-electron chi connectivity index (χ4n) is 1.98. The summed E-state index contributed by atoms with van der Waals surface area (Å²) in [5, 5.41) is 10.0. The Hall–Kier alpha value is -1.60. The highest BCUT2D eigenvalue weighted by Crippen LogP contribution is 2.29. The zero-order chi connectivity index (χ0) is 14.1. The van der Waals surface area contributed by atoms with Crippen LogP contribution in [0.5, 0.6) is 0 Å². The Kier molecular flexibility index (Phi) is 3.62. The lowest BCUT2D eigenvalue weighted by molar-refractivity contribution is 0.557. The average molecular weight is 305 g/mol. The summed E-state index contributed by atoms with van der Waals surface area (Å²) in [5.41, 5.74) is 6.89. The smallest absolute Gasteiger partial charge is 0.222 e. The zero-order valence-corrected chi connectivity index (χ0v) is 12.9. The summed E-state index contributed by atoms with van der Waals surface area (Å²) in [6.07, 6.45) is 0. The summed E-state index contributed by atoms with van der Waals surface area (Å²) in [7, 11) is 0. The number of nitrogens with zero attached hydrogens (tertiary/aromatic N) is 4. The van der Waals surface area contributed by atoms with Crippen molar-refractivity contribution >= 4 is 39.3 Å². The van der Waals surface area contributed by atoms with Gasteiger partial charge in [0.1, 0.15) is 5.01 Å². The number of benzene rings is 1. The van der Waals surface area contributed by atoms with Gasteiger partial charge >= 0.3 is 0 Å². The van der Waals surface area contributed by atoms with Crippen molar-refractivity contribution in [2.75, 3.05) is 5.73 Å². The molecule has 0 aliphatic rings. The molecule has 3 aromatic rings. The third kappa shape index (κ3) is 2.51. The fourth-order valence-corrected chi connectivity index (χ4v) is 4.01. The molecular weight excluding hydrogens is 290 g/mol. The van der Waals surface area contributed by atoms with E-state index in [1.54, 1.807) is 23.1 Å². The number of nitrogens with two attached hydrogens (primary N) is 1. The van der Waals surface area contributed by atoms with E-state index in [9.17, 15) is 0 Å². The molecule has 0 saturated heterocycles. The minimum absolute atomic E-state index is 0.253. The topological polar surface area (TPSA) is 69.6 Å². The molecule has 3 rings (SSSR count). The summed E-state index contributed by atoms with van der Waals surface area (Å²) in [4.78, 5) is 4.62. The molecular formula is C13H15N5S2. The largest absolute Gasteiger partial charge is 0.368 e. The van der Waals surface area contributed by atoms with Crippen LogP contribution in [0.3, 0.4) is 0 Å². The highest BCUT2D eigenvalue weighted by Gasteiger charge is 2.13. The minimum atomic E-state index is 0.253. The molecule has 0 amide bonds. The predicted molar refractivity (Wildman–Crippen MR) is 84.0 cm³/mol. The van der Waals surface area contributed by atoms with Crippen molar-refractivity contribution in [2.45, 2.75) is 30.8 Å². The first-order valence-electron chi connectivity index (χ1n) is 6.33. The minimum Gasteiger partial charge on any atom is -0.368 e. The third-order valence-corrected chi connectivity index (χ3v) is 5.04. The van der Waals surface area contributed by atoms with Crippen molar-refractivity contribution in [3.05, 3.63) is 29.3 Å². The van der Waals surface area contributed by atoms with Crippen LogP contribution >= 0.6 is 23.1 Å². The molecule has 0 radical (unpaired) electrons. The highest BCUT2D eigenvalue weighted by molar-refractivity contribution is 7.98. The van der Waals surface area contributed by atoms with Gasteiger partial charge in [0.25, 0.3) is 0 Å². The van der Waals surface area contributed by atoms with Gasteiger partial charge < -0.3 is 5.73 Å². The van der Waals surface area contributed by atoms with Crippen molar-refractivity contribution in [1.82, 2.24) is 19.7 Å². The van der Waals surface area contributed by atoms with E-state index < -0.39 is 0 Å². The quantitative estimate of drug-likeness (QED) is 0.749. The molecule has 2 N–H and O–H groups in total. The molecule has 0 aliphatic heterocycles. The second-order valence-corrected chi connectivity index (χ2v) is 6.73. The van der Waals surface area contributed by atoms with Gasteiger partial charge in [-0.2, -0.15) is 0 Å². The van der Waals surface area contributed by atoms with Gasteiger partial charge in [-0.05, 0) is 26.0 Å². The third-order valence-electron chi connectivity index (χ3n) is 2.87. The standard InChI is InChI=1S/C13H15N5S2/c1-8(2)18-12(14)16-17-13(18)19-7-11-15-9-5-3-4-6-10(9)20-11/h3-6,8H,7H2,1-2H3,(H2,14,16). The lowest BCUT2D eigenvalue weighted by Crippen LogP contribution is -2.06. The van der Waals surface area contributed by atoms with Crippen LogP contribution in [0.2, 0.25) is 0 Å². The molecule has 0 bridgehead atoms. The highest BCUT2D eigenvalue weighted by atomic mass is 32.2. The van der Waals surface area contributed by atoms with Gasteiger partial charge in [0.15, 0.2) is 5.16 Å². The van der Waals surface area contributed by atoms with Crippen LogP contribution in [0.4, 0.5) is 5.95 Å². The second-order valence-electron chi connectivity index (χ2n) is 4.67. The second kappa shape index (κ2) is 5.41. The number of hydrogen-bond donors (Lipinski definition) is 1. The molecule has 2 aromatic heterocycles. The van der Waals surface area contributed by atoms with Crippen molar-refractivity contribution in [3.8, 4) is 0 Å². The number of fused-ring (bicyclic) bond motifs is 1. The van der Waals surface area contributed by atoms with Gasteiger partial charge in [0.05, 0.1) is 16.0 Å². The molecule has 0 aliphatic carbocycles. The number of anilines is 1. The Morgan fingerprint density at radius 3 is 2.85 bits per heavy atom. The summed E-state index contributed by atoms with van der Waals surface area (Å²) < 4.78 is 3.16. The monoisotopic (exact) mass is 305 g/mol. The zero-order valence-electron chi connectivity index (χ0n) is 11.3. The number of hydrogen-bond acceptors (Lipinski definition) is 6. The predicted octanol–water partition coefficient (Wildman–Crippen LogP) is 3.34. The molecule has 20 heavy (non-hydrogen) atoms. The number of rotatable bonds is 4. The van der Waals surface area contributed by atoms with Gasteiger partial charge in [-0.25, -0.2) is 4.98 Å². The van der Waals surface area contributed by atoms with Gasteiger partial charge in [0, 0.05) is 6.04 Å². The van der Waals surface area contributed by atoms with E-state index in [0.29, 0.717) is 5.95 Å². The molecule has 5 nitrogen and oxygen atoms in total. The molecule has 0 unspecified atom stereocenters. The summed E-state index contributed by atoms with van der Waals surface area (Å²) in [6.45, 7) is 4.14. The van der Waals surface area contributed by atoms with Crippen molar-refractivity contribution in [2.24, 2.45) is 0 Å². The van der Waals surface area contributed by atoms with Crippen LogP contribution in [0, 0.1) is 0 Å². The van der Waals surface area contributed by atoms with Crippen LogP contribution in [0.1, 0.15) is 24.9 Å². The molecule has 0 spiro atoms. The van der Waals surface area contributed by atoms with Crippen LogP contribution < -0.4 is 5.73 Å². The van der Waals surface area contributed by atoms with Gasteiger partial charge in [-0.3, -0.25) is 4.57 Å². The number of aromatic nitrogens is 4. The van der Waals surface area contributed by atoms with E-state index >= 15 is 0 Å². The molecule has 2 heterocycles.